The third-order valence-corrected chi connectivity index (χ3v) is 2.13. The van der Waals surface area contributed by atoms with Crippen molar-refractivity contribution < 1.29 is 28.2 Å². The molecule has 0 aliphatic carbocycles. The van der Waals surface area contributed by atoms with Crippen molar-refractivity contribution in [2.45, 2.75) is 19.4 Å². The number of carbonyl (C=O) groups is 1. The van der Waals surface area contributed by atoms with Crippen molar-refractivity contribution in [3.63, 3.8) is 0 Å². The number of halogens is 2. The molecular formula is C12H14F2O4. The van der Waals surface area contributed by atoms with E-state index in [1.807, 2.05) is 0 Å². The third kappa shape index (κ3) is 4.67. The molecule has 0 spiro atoms. The molecule has 100 valence electrons. The highest BCUT2D eigenvalue weighted by molar-refractivity contribution is 5.72. The van der Waals surface area contributed by atoms with Gasteiger partial charge in [0, 0.05) is 31.2 Å². The lowest BCUT2D eigenvalue weighted by Crippen LogP contribution is -2.26. The van der Waals surface area contributed by atoms with Crippen molar-refractivity contribution >= 4 is 5.97 Å². The Hall–Kier alpha value is -1.69. The molecular weight excluding hydrogens is 246 g/mol. The Morgan fingerprint density at radius 1 is 1.33 bits per heavy atom. The second-order valence-corrected chi connectivity index (χ2v) is 3.52. The zero-order chi connectivity index (χ0) is 13.5. The van der Waals surface area contributed by atoms with Gasteiger partial charge in [0.2, 0.25) is 0 Å². The number of carboxylic acids is 1. The zero-order valence-electron chi connectivity index (χ0n) is 9.86. The van der Waals surface area contributed by atoms with E-state index in [2.05, 4.69) is 0 Å². The number of rotatable bonds is 7. The van der Waals surface area contributed by atoms with Crippen molar-refractivity contribution in [3.05, 3.63) is 29.8 Å². The van der Waals surface area contributed by atoms with Crippen LogP contribution in [0.25, 0.3) is 0 Å². The van der Waals surface area contributed by atoms with Crippen molar-refractivity contribution in [2.24, 2.45) is 0 Å². The van der Waals surface area contributed by atoms with Crippen LogP contribution in [0.4, 0.5) is 8.78 Å². The van der Waals surface area contributed by atoms with E-state index in [9.17, 15) is 13.6 Å². The first-order valence-electron chi connectivity index (χ1n) is 5.46. The van der Waals surface area contributed by atoms with Crippen LogP contribution in [0.15, 0.2) is 18.2 Å². The van der Waals surface area contributed by atoms with Crippen molar-refractivity contribution in [3.8, 4) is 5.75 Å². The Morgan fingerprint density at radius 2 is 1.94 bits per heavy atom. The van der Waals surface area contributed by atoms with E-state index in [1.165, 1.54) is 0 Å². The van der Waals surface area contributed by atoms with Gasteiger partial charge in [-0.15, -0.1) is 0 Å². The van der Waals surface area contributed by atoms with Crippen LogP contribution < -0.4 is 4.74 Å². The summed E-state index contributed by atoms with van der Waals surface area (Å²) in [5.74, 6) is -2.56. The topological polar surface area (TPSA) is 55.8 Å². The van der Waals surface area contributed by atoms with Gasteiger partial charge in [0.25, 0.3) is 0 Å². The Bertz CT molecular complexity index is 389. The van der Waals surface area contributed by atoms with E-state index >= 15 is 0 Å². The van der Waals surface area contributed by atoms with Crippen LogP contribution in [0.5, 0.6) is 5.75 Å². The quantitative estimate of drug-likeness (QED) is 0.816. The minimum absolute atomic E-state index is 0.000139. The summed E-state index contributed by atoms with van der Waals surface area (Å²) in [6.45, 7) is 1.95. The predicted molar refractivity (Wildman–Crippen MR) is 59.5 cm³/mol. The molecule has 1 unspecified atom stereocenters. The lowest BCUT2D eigenvalue weighted by Gasteiger charge is -2.13. The molecule has 0 aromatic heterocycles. The normalized spacial score (nSPS) is 12.2. The van der Waals surface area contributed by atoms with Gasteiger partial charge in [-0.2, -0.15) is 0 Å². The second-order valence-electron chi connectivity index (χ2n) is 3.52. The van der Waals surface area contributed by atoms with E-state index in [4.69, 9.17) is 14.6 Å². The fourth-order valence-electron chi connectivity index (χ4n) is 1.37. The molecule has 1 N–H and O–H groups in total. The SMILES string of the molecule is CCOC(CCOc1cc(F)cc(F)c1)C(=O)O. The minimum Gasteiger partial charge on any atom is -0.493 e. The van der Waals surface area contributed by atoms with Crippen molar-refractivity contribution in [2.75, 3.05) is 13.2 Å². The van der Waals surface area contributed by atoms with Crippen LogP contribution in [0, 0.1) is 11.6 Å². The fourth-order valence-corrected chi connectivity index (χ4v) is 1.37. The number of benzene rings is 1. The Labute approximate surface area is 103 Å². The molecule has 0 heterocycles. The summed E-state index contributed by atoms with van der Waals surface area (Å²) in [6, 6.07) is 2.78. The molecule has 0 aliphatic rings. The Balaban J connectivity index is 2.47. The van der Waals surface area contributed by atoms with Crippen molar-refractivity contribution in [1.82, 2.24) is 0 Å². The van der Waals surface area contributed by atoms with Gasteiger partial charge in [0.15, 0.2) is 6.10 Å². The maximum Gasteiger partial charge on any atom is 0.332 e. The van der Waals surface area contributed by atoms with Crippen LogP contribution >= 0.6 is 0 Å². The summed E-state index contributed by atoms with van der Waals surface area (Å²) in [7, 11) is 0. The van der Waals surface area contributed by atoms with Crippen LogP contribution in [0.3, 0.4) is 0 Å². The largest absolute Gasteiger partial charge is 0.493 e. The molecule has 0 aliphatic heterocycles. The number of hydrogen-bond acceptors (Lipinski definition) is 3. The Kier molecular flexibility index (Phi) is 5.51. The summed E-state index contributed by atoms with van der Waals surface area (Å²) >= 11 is 0. The maximum atomic E-state index is 12.8. The van der Waals surface area contributed by atoms with Crippen molar-refractivity contribution in [1.29, 1.82) is 0 Å². The standard InChI is InChI=1S/C12H14F2O4/c1-2-17-11(12(15)16)3-4-18-10-6-8(13)5-9(14)7-10/h5-7,11H,2-4H2,1H3,(H,15,16). The fraction of sp³-hybridized carbons (Fsp3) is 0.417. The van der Waals surface area contributed by atoms with Gasteiger partial charge in [-0.1, -0.05) is 0 Å². The van der Waals surface area contributed by atoms with Crippen LogP contribution in [0.2, 0.25) is 0 Å². The molecule has 1 aromatic rings. The molecule has 1 aromatic carbocycles. The van der Waals surface area contributed by atoms with E-state index in [1.54, 1.807) is 6.92 Å². The highest BCUT2D eigenvalue weighted by Crippen LogP contribution is 2.15. The summed E-state index contributed by atoms with van der Waals surface area (Å²) in [5, 5.41) is 8.79. The van der Waals surface area contributed by atoms with Gasteiger partial charge >= 0.3 is 5.97 Å². The van der Waals surface area contributed by atoms with Gasteiger partial charge in [-0.3, -0.25) is 0 Å². The van der Waals surface area contributed by atoms with E-state index < -0.39 is 23.7 Å². The van der Waals surface area contributed by atoms with Crippen LogP contribution in [-0.4, -0.2) is 30.4 Å². The molecule has 0 radical (unpaired) electrons. The molecule has 1 atom stereocenters. The maximum absolute atomic E-state index is 12.8. The first-order chi connectivity index (χ1) is 8.52. The van der Waals surface area contributed by atoms with Crippen LogP contribution in [-0.2, 0) is 9.53 Å². The molecule has 0 saturated carbocycles. The number of aliphatic carboxylic acids is 1. The lowest BCUT2D eigenvalue weighted by atomic mass is 10.2. The van der Waals surface area contributed by atoms with Gasteiger partial charge in [-0.25, -0.2) is 13.6 Å². The first kappa shape index (κ1) is 14.4. The minimum atomic E-state index is -1.09. The van der Waals surface area contributed by atoms with E-state index in [-0.39, 0.29) is 25.4 Å². The molecule has 6 heteroatoms. The summed E-state index contributed by atoms with van der Waals surface area (Å²) < 4.78 is 35.7. The molecule has 4 nitrogen and oxygen atoms in total. The van der Waals surface area contributed by atoms with Gasteiger partial charge in [0.05, 0.1) is 6.61 Å². The number of hydrogen-bond donors (Lipinski definition) is 1. The van der Waals surface area contributed by atoms with Gasteiger partial charge < -0.3 is 14.6 Å². The highest BCUT2D eigenvalue weighted by atomic mass is 19.1. The molecule has 0 saturated heterocycles. The first-order valence-corrected chi connectivity index (χ1v) is 5.46. The Morgan fingerprint density at radius 3 is 2.44 bits per heavy atom. The van der Waals surface area contributed by atoms with E-state index in [0.29, 0.717) is 0 Å². The lowest BCUT2D eigenvalue weighted by molar-refractivity contribution is -0.150. The van der Waals surface area contributed by atoms with E-state index in [0.717, 1.165) is 18.2 Å². The summed E-state index contributed by atoms with van der Waals surface area (Å²) in [5.41, 5.74) is 0. The molecule has 0 fully saturated rings. The summed E-state index contributed by atoms with van der Waals surface area (Å²) in [4.78, 5) is 10.7. The molecule has 1 rings (SSSR count). The number of ether oxygens (including phenoxy) is 2. The smallest absolute Gasteiger partial charge is 0.332 e. The van der Waals surface area contributed by atoms with Gasteiger partial charge in [0.1, 0.15) is 17.4 Å². The molecule has 18 heavy (non-hydrogen) atoms. The third-order valence-electron chi connectivity index (χ3n) is 2.13. The zero-order valence-corrected chi connectivity index (χ0v) is 9.86. The monoisotopic (exact) mass is 260 g/mol. The predicted octanol–water partition coefficient (Wildman–Crippen LogP) is 2.22. The average Bonchev–Trinajstić information content (AvgIpc) is 2.26. The molecule has 0 bridgehead atoms. The highest BCUT2D eigenvalue weighted by Gasteiger charge is 2.17. The second kappa shape index (κ2) is 6.90. The summed E-state index contributed by atoms with van der Waals surface area (Å²) in [6.07, 6.45) is -0.880. The van der Waals surface area contributed by atoms with Gasteiger partial charge in [-0.05, 0) is 6.92 Å². The van der Waals surface area contributed by atoms with Crippen LogP contribution in [0.1, 0.15) is 13.3 Å². The molecule has 0 amide bonds. The average molecular weight is 260 g/mol. The number of carboxylic acid groups (broad SMARTS) is 1.